The van der Waals surface area contributed by atoms with Crippen LogP contribution >= 0.6 is 23.4 Å². The maximum absolute atomic E-state index is 15.7. The molecule has 0 bridgehead atoms. The van der Waals surface area contributed by atoms with E-state index in [0.717, 1.165) is 5.56 Å². The number of nitrogens with two attached hydrogens (primary N) is 1. The predicted octanol–water partition coefficient (Wildman–Crippen LogP) is 6.27. The van der Waals surface area contributed by atoms with Gasteiger partial charge in [0.25, 0.3) is 5.91 Å². The van der Waals surface area contributed by atoms with Crippen LogP contribution < -0.4 is 21.5 Å². The lowest BCUT2D eigenvalue weighted by Gasteiger charge is -2.28. The summed E-state index contributed by atoms with van der Waals surface area (Å²) in [7, 11) is 0. The van der Waals surface area contributed by atoms with Crippen molar-refractivity contribution in [2.24, 2.45) is 5.84 Å². The zero-order valence-corrected chi connectivity index (χ0v) is 23.2. The molecular formula is C28H30ClFN4O3S. The number of fused-ring (bicyclic) bond motifs is 1. The maximum atomic E-state index is 15.7. The van der Waals surface area contributed by atoms with Crippen LogP contribution in [0.3, 0.4) is 0 Å². The number of thioether (sulfide) groups is 1. The Balaban J connectivity index is 1.79. The summed E-state index contributed by atoms with van der Waals surface area (Å²) >= 11 is 7.40. The van der Waals surface area contributed by atoms with Gasteiger partial charge in [0.05, 0.1) is 12.2 Å². The molecule has 0 saturated heterocycles. The van der Waals surface area contributed by atoms with Crippen LogP contribution in [0.2, 0.25) is 5.02 Å². The number of anilines is 2. The second-order valence-electron chi connectivity index (χ2n) is 9.99. The van der Waals surface area contributed by atoms with Crippen LogP contribution in [0, 0.1) is 12.7 Å². The number of amides is 2. The molecule has 10 heteroatoms. The topological polar surface area (TPSA) is 96.7 Å². The highest BCUT2D eigenvalue weighted by Crippen LogP contribution is 2.43. The summed E-state index contributed by atoms with van der Waals surface area (Å²) in [6, 6.07) is 15.0. The van der Waals surface area contributed by atoms with Crippen molar-refractivity contribution in [2.45, 2.75) is 50.8 Å². The van der Waals surface area contributed by atoms with Crippen molar-refractivity contribution in [3.05, 3.63) is 76.6 Å². The van der Waals surface area contributed by atoms with Gasteiger partial charge in [-0.2, -0.15) is 0 Å². The Morgan fingerprint density at radius 3 is 2.45 bits per heavy atom. The molecule has 4 rings (SSSR count). The first-order valence-corrected chi connectivity index (χ1v) is 13.4. The number of hydrogen-bond acceptors (Lipinski definition) is 6. The number of nitrogens with one attached hydrogen (secondary N) is 2. The van der Waals surface area contributed by atoms with Crippen LogP contribution in [0.5, 0.6) is 0 Å². The minimum atomic E-state index is -0.879. The number of nitrogens with zero attached hydrogens (tertiary/aromatic N) is 1. The summed E-state index contributed by atoms with van der Waals surface area (Å²) in [5.74, 6) is 5.01. The number of halogens is 2. The van der Waals surface area contributed by atoms with E-state index in [4.69, 9.17) is 22.2 Å². The van der Waals surface area contributed by atoms with Gasteiger partial charge in [0, 0.05) is 32.5 Å². The minimum absolute atomic E-state index is 0.205. The first-order valence-electron chi connectivity index (χ1n) is 12.0. The largest absolute Gasteiger partial charge is 0.444 e. The third-order valence-corrected chi connectivity index (χ3v) is 7.53. The number of hydrogen-bond donors (Lipinski definition) is 3. The van der Waals surface area contributed by atoms with Gasteiger partial charge in [-0.15, -0.1) is 11.8 Å². The molecule has 0 aliphatic carbocycles. The van der Waals surface area contributed by atoms with E-state index in [1.165, 1.54) is 11.8 Å². The molecular weight excluding hydrogens is 527 g/mol. The average molecular weight is 557 g/mol. The second-order valence-corrected chi connectivity index (χ2v) is 11.5. The number of rotatable bonds is 5. The standard InChI is InChI=1S/C28H30ClFN4O3S/c1-16-24(30)21(18-7-11-20(33-31)12-8-18)13-23-25(16)38-15-22(32-27(36)37-28(2,3)4)26(35)34(23)14-17-5-9-19(29)10-6-17/h5-13,22,33H,14-15,31H2,1-4H3,(H,32,36)/t22-/m0/s1. The van der Waals surface area contributed by atoms with Gasteiger partial charge in [-0.05, 0) is 69.2 Å². The quantitative estimate of drug-likeness (QED) is 0.253. The van der Waals surface area contributed by atoms with Crippen LogP contribution in [0.1, 0.15) is 31.9 Å². The van der Waals surface area contributed by atoms with E-state index in [2.05, 4.69) is 10.7 Å². The van der Waals surface area contributed by atoms with E-state index in [0.29, 0.717) is 38.0 Å². The van der Waals surface area contributed by atoms with Crippen LogP contribution in [0.15, 0.2) is 59.5 Å². The zero-order chi connectivity index (χ0) is 27.6. The molecule has 3 aromatic carbocycles. The van der Waals surface area contributed by atoms with Gasteiger partial charge < -0.3 is 20.4 Å². The van der Waals surface area contributed by atoms with Crippen LogP contribution in [-0.4, -0.2) is 29.4 Å². The lowest BCUT2D eigenvalue weighted by atomic mass is 10.00. The Bertz CT molecular complexity index is 1340. The molecule has 0 unspecified atom stereocenters. The Hall–Kier alpha value is -3.27. The lowest BCUT2D eigenvalue weighted by Crippen LogP contribution is -2.50. The Morgan fingerprint density at radius 1 is 1.18 bits per heavy atom. The molecule has 0 spiro atoms. The SMILES string of the molecule is Cc1c(F)c(-c2ccc(NN)cc2)cc2c1SC[C@H](NC(=O)OC(C)(C)C)C(=O)N2Cc1ccc(Cl)cc1. The molecule has 0 fully saturated rings. The summed E-state index contributed by atoms with van der Waals surface area (Å²) < 4.78 is 21.1. The third kappa shape index (κ3) is 6.23. The van der Waals surface area contributed by atoms with Crippen LogP contribution in [0.4, 0.5) is 20.6 Å². The van der Waals surface area contributed by atoms with E-state index in [1.54, 1.807) is 75.1 Å². The smallest absolute Gasteiger partial charge is 0.408 e. The van der Waals surface area contributed by atoms with Gasteiger partial charge in [-0.25, -0.2) is 9.18 Å². The summed E-state index contributed by atoms with van der Waals surface area (Å²) in [4.78, 5) is 28.7. The highest BCUT2D eigenvalue weighted by atomic mass is 35.5. The predicted molar refractivity (Wildman–Crippen MR) is 151 cm³/mol. The molecule has 2 amide bonds. The lowest BCUT2D eigenvalue weighted by molar-refractivity contribution is -0.120. The van der Waals surface area contributed by atoms with Crippen molar-refractivity contribution < 1.29 is 18.7 Å². The number of hydrazine groups is 1. The first kappa shape index (κ1) is 27.8. The number of alkyl carbamates (subject to hydrolysis) is 1. The highest BCUT2D eigenvalue weighted by Gasteiger charge is 2.35. The van der Waals surface area contributed by atoms with Gasteiger partial charge in [-0.1, -0.05) is 35.9 Å². The van der Waals surface area contributed by atoms with Crippen LogP contribution in [-0.2, 0) is 16.1 Å². The van der Waals surface area contributed by atoms with Crippen molar-refractivity contribution in [1.82, 2.24) is 5.32 Å². The molecule has 0 saturated carbocycles. The second kappa shape index (κ2) is 11.2. The van der Waals surface area contributed by atoms with E-state index >= 15 is 4.39 Å². The monoisotopic (exact) mass is 556 g/mol. The minimum Gasteiger partial charge on any atom is -0.444 e. The fourth-order valence-corrected chi connectivity index (χ4v) is 5.44. The number of benzene rings is 3. The van der Waals surface area contributed by atoms with Gasteiger partial charge in [0.1, 0.15) is 17.5 Å². The molecule has 3 aromatic rings. The number of ether oxygens (including phenoxy) is 1. The fourth-order valence-electron chi connectivity index (χ4n) is 4.13. The van der Waals surface area contributed by atoms with Crippen molar-refractivity contribution in [2.75, 3.05) is 16.1 Å². The van der Waals surface area contributed by atoms with Crippen molar-refractivity contribution in [3.63, 3.8) is 0 Å². The number of carbonyl (C=O) groups is 2. The van der Waals surface area contributed by atoms with Crippen molar-refractivity contribution in [1.29, 1.82) is 0 Å². The van der Waals surface area contributed by atoms with Gasteiger partial charge >= 0.3 is 6.09 Å². The fraction of sp³-hybridized carbons (Fsp3) is 0.286. The average Bonchev–Trinajstić information content (AvgIpc) is 2.98. The van der Waals surface area contributed by atoms with Gasteiger partial charge in [0.15, 0.2) is 0 Å². The number of nitrogen functional groups attached to an aromatic ring is 1. The summed E-state index contributed by atoms with van der Waals surface area (Å²) in [6.45, 7) is 7.16. The van der Waals surface area contributed by atoms with E-state index in [9.17, 15) is 9.59 Å². The highest BCUT2D eigenvalue weighted by molar-refractivity contribution is 7.99. The first-order chi connectivity index (χ1) is 18.0. The van der Waals surface area contributed by atoms with Gasteiger partial charge in [0.2, 0.25) is 0 Å². The number of carbonyl (C=O) groups excluding carboxylic acids is 2. The Labute approximate surface area is 230 Å². The van der Waals surface area contributed by atoms with E-state index < -0.39 is 17.7 Å². The summed E-state index contributed by atoms with van der Waals surface area (Å²) in [6.07, 6.45) is -0.689. The molecule has 1 aliphatic heterocycles. The summed E-state index contributed by atoms with van der Waals surface area (Å²) in [5.41, 5.74) is 5.36. The maximum Gasteiger partial charge on any atom is 0.408 e. The zero-order valence-electron chi connectivity index (χ0n) is 21.6. The van der Waals surface area contributed by atoms with E-state index in [-0.39, 0.29) is 24.0 Å². The molecule has 4 N–H and O–H groups in total. The molecule has 0 radical (unpaired) electrons. The van der Waals surface area contributed by atoms with Gasteiger partial charge in [-0.3, -0.25) is 10.6 Å². The molecule has 0 aromatic heterocycles. The normalized spacial score (nSPS) is 15.5. The summed E-state index contributed by atoms with van der Waals surface area (Å²) in [5, 5.41) is 3.29. The van der Waals surface area contributed by atoms with Crippen LogP contribution in [0.25, 0.3) is 11.1 Å². The molecule has 1 aliphatic rings. The molecule has 7 nitrogen and oxygen atoms in total. The molecule has 1 heterocycles. The van der Waals surface area contributed by atoms with Crippen molar-refractivity contribution >= 4 is 46.7 Å². The Morgan fingerprint density at radius 2 is 1.84 bits per heavy atom. The van der Waals surface area contributed by atoms with Crippen molar-refractivity contribution in [3.8, 4) is 11.1 Å². The Kier molecular flexibility index (Phi) is 8.20. The third-order valence-electron chi connectivity index (χ3n) is 5.98. The molecule has 38 heavy (non-hydrogen) atoms. The van der Waals surface area contributed by atoms with E-state index in [1.807, 2.05) is 12.1 Å². The molecule has 1 atom stereocenters. The molecule has 200 valence electrons.